The third kappa shape index (κ3) is 7.67. The third-order valence-electron chi connectivity index (χ3n) is 7.05. The smallest absolute Gasteiger partial charge is 0.243 e. The molecule has 4 aromatic rings. The number of hydrogen-bond donors (Lipinski definition) is 0. The molecule has 0 radical (unpaired) electrons. The second kappa shape index (κ2) is 14.0. The maximum Gasteiger partial charge on any atom is 0.243 e. The van der Waals surface area contributed by atoms with Crippen LogP contribution in [0.4, 0.5) is 0 Å². The van der Waals surface area contributed by atoms with Crippen LogP contribution in [0.2, 0.25) is 0 Å². The van der Waals surface area contributed by atoms with E-state index in [1.807, 2.05) is 74.5 Å². The number of methoxy groups -OCH3 is 2. The highest BCUT2D eigenvalue weighted by Gasteiger charge is 2.28. The lowest BCUT2D eigenvalue weighted by Gasteiger charge is -2.27. The van der Waals surface area contributed by atoms with E-state index in [1.165, 1.54) is 4.31 Å². The Morgan fingerprint density at radius 1 is 0.878 bits per heavy atom. The number of nitrogens with zero attached hydrogens (tertiary/aromatic N) is 2. The maximum atomic E-state index is 13.8. The quantitative estimate of drug-likeness (QED) is 0.172. The summed E-state index contributed by atoms with van der Waals surface area (Å²) in [5.41, 5.74) is 0.995. The Morgan fingerprint density at radius 3 is 2.32 bits per heavy atom. The lowest BCUT2D eigenvalue weighted by atomic mass is 10.1. The number of unbranched alkanes of at least 4 members (excludes halogenated alkanes) is 1. The fraction of sp³-hybridized carbons (Fsp3) is 0.344. The molecule has 0 aliphatic carbocycles. The Kier molecular flexibility index (Phi) is 10.4. The summed E-state index contributed by atoms with van der Waals surface area (Å²) in [4.78, 5) is 18.0. The number of amides is 1. The standard InChI is InChI=1S/C32H38N2O5S2/c1-5-6-18-34(41(36,37)29-15-13-26-9-7-8-10-27(26)21-29)23-32(35)33(22-28-14-11-24(2)40-28)19-17-25-12-16-30(38-3)31(20-25)39-4/h7-16,20-21H,5-6,17-19,22-23H2,1-4H3. The van der Waals surface area contributed by atoms with Crippen molar-refractivity contribution in [3.63, 3.8) is 0 Å². The zero-order valence-electron chi connectivity index (χ0n) is 24.1. The Labute approximate surface area is 247 Å². The Morgan fingerprint density at radius 2 is 1.63 bits per heavy atom. The zero-order valence-corrected chi connectivity index (χ0v) is 25.8. The molecule has 0 saturated heterocycles. The number of carbonyl (C=O) groups excluding carboxylic acids is 1. The summed E-state index contributed by atoms with van der Waals surface area (Å²) >= 11 is 1.64. The van der Waals surface area contributed by atoms with Gasteiger partial charge in [-0.15, -0.1) is 11.3 Å². The van der Waals surface area contributed by atoms with Crippen molar-refractivity contribution >= 4 is 38.0 Å². The van der Waals surface area contributed by atoms with Crippen LogP contribution in [0.15, 0.2) is 77.7 Å². The van der Waals surface area contributed by atoms with E-state index >= 15 is 0 Å². The molecule has 0 saturated carbocycles. The van der Waals surface area contributed by atoms with Crippen LogP contribution in [0.25, 0.3) is 10.8 Å². The van der Waals surface area contributed by atoms with Gasteiger partial charge in [0.1, 0.15) is 0 Å². The summed E-state index contributed by atoms with van der Waals surface area (Å²) in [6, 6.07) is 22.6. The van der Waals surface area contributed by atoms with Gasteiger partial charge in [-0.25, -0.2) is 8.42 Å². The van der Waals surface area contributed by atoms with Gasteiger partial charge in [-0.2, -0.15) is 4.31 Å². The van der Waals surface area contributed by atoms with E-state index in [0.717, 1.165) is 32.5 Å². The first kappa shape index (κ1) is 30.6. The zero-order chi connectivity index (χ0) is 29.4. The molecule has 0 unspecified atom stereocenters. The Hall–Kier alpha value is -3.40. The summed E-state index contributed by atoms with van der Waals surface area (Å²) in [5, 5.41) is 1.81. The van der Waals surface area contributed by atoms with Crippen molar-refractivity contribution in [1.29, 1.82) is 0 Å². The topological polar surface area (TPSA) is 76.2 Å². The number of fused-ring (bicyclic) bond motifs is 1. The van der Waals surface area contributed by atoms with Crippen molar-refractivity contribution in [2.24, 2.45) is 0 Å². The lowest BCUT2D eigenvalue weighted by molar-refractivity contribution is -0.132. The number of carbonyl (C=O) groups is 1. The lowest BCUT2D eigenvalue weighted by Crippen LogP contribution is -2.43. The SMILES string of the molecule is CCCCN(CC(=O)N(CCc1ccc(OC)c(OC)c1)Cc1ccc(C)s1)S(=O)(=O)c1ccc2ccccc2c1. The van der Waals surface area contributed by atoms with E-state index in [2.05, 4.69) is 0 Å². The van der Waals surface area contributed by atoms with Crippen molar-refractivity contribution in [2.75, 3.05) is 33.9 Å². The molecular weight excluding hydrogens is 556 g/mol. The van der Waals surface area contributed by atoms with Gasteiger partial charge >= 0.3 is 0 Å². The van der Waals surface area contributed by atoms with Gasteiger partial charge in [0.15, 0.2) is 11.5 Å². The molecule has 7 nitrogen and oxygen atoms in total. The number of hydrogen-bond acceptors (Lipinski definition) is 6. The molecule has 1 amide bonds. The molecule has 0 bridgehead atoms. The number of benzene rings is 3. The van der Waals surface area contributed by atoms with Gasteiger partial charge in [-0.3, -0.25) is 4.79 Å². The predicted octanol–water partition coefficient (Wildman–Crippen LogP) is 6.29. The first-order valence-electron chi connectivity index (χ1n) is 13.8. The van der Waals surface area contributed by atoms with E-state index in [9.17, 15) is 13.2 Å². The van der Waals surface area contributed by atoms with Crippen LogP contribution < -0.4 is 9.47 Å². The molecule has 0 aliphatic heterocycles. The van der Waals surface area contributed by atoms with Gasteiger partial charge in [0.05, 0.1) is 32.2 Å². The summed E-state index contributed by atoms with van der Waals surface area (Å²) in [6.45, 7) is 4.96. The normalized spacial score (nSPS) is 11.6. The molecule has 9 heteroatoms. The number of rotatable bonds is 14. The number of ether oxygens (including phenoxy) is 2. The average molecular weight is 595 g/mol. The van der Waals surface area contributed by atoms with E-state index in [1.54, 1.807) is 42.6 Å². The Bertz CT molecular complexity index is 1580. The largest absolute Gasteiger partial charge is 0.493 e. The van der Waals surface area contributed by atoms with Crippen molar-refractivity contribution in [3.05, 3.63) is 88.1 Å². The van der Waals surface area contributed by atoms with Gasteiger partial charge in [0.25, 0.3) is 0 Å². The van der Waals surface area contributed by atoms with Gasteiger partial charge in [0, 0.05) is 22.8 Å². The molecule has 0 fully saturated rings. The molecule has 1 heterocycles. The van der Waals surface area contributed by atoms with Crippen molar-refractivity contribution in [2.45, 2.75) is 44.6 Å². The molecule has 0 aliphatic rings. The van der Waals surface area contributed by atoms with Crippen molar-refractivity contribution in [3.8, 4) is 11.5 Å². The summed E-state index contributed by atoms with van der Waals surface area (Å²) in [6.07, 6.45) is 2.06. The molecule has 41 heavy (non-hydrogen) atoms. The highest BCUT2D eigenvalue weighted by atomic mass is 32.2. The van der Waals surface area contributed by atoms with Crippen LogP contribution in [0.1, 0.15) is 35.1 Å². The second-order valence-electron chi connectivity index (χ2n) is 9.97. The summed E-state index contributed by atoms with van der Waals surface area (Å²) < 4.78 is 39.8. The van der Waals surface area contributed by atoms with E-state index in [4.69, 9.17) is 9.47 Å². The minimum absolute atomic E-state index is 0.200. The van der Waals surface area contributed by atoms with Gasteiger partial charge in [0.2, 0.25) is 15.9 Å². The van der Waals surface area contributed by atoms with E-state index in [-0.39, 0.29) is 23.9 Å². The predicted molar refractivity (Wildman–Crippen MR) is 165 cm³/mol. The highest BCUT2D eigenvalue weighted by Crippen LogP contribution is 2.28. The number of thiophene rings is 1. The molecule has 0 spiro atoms. The minimum Gasteiger partial charge on any atom is -0.493 e. The van der Waals surface area contributed by atoms with Crippen LogP contribution >= 0.6 is 11.3 Å². The van der Waals surface area contributed by atoms with Crippen LogP contribution in [0.5, 0.6) is 11.5 Å². The fourth-order valence-corrected chi connectivity index (χ4v) is 7.07. The van der Waals surface area contributed by atoms with Crippen LogP contribution in [0, 0.1) is 6.92 Å². The summed E-state index contributed by atoms with van der Waals surface area (Å²) in [7, 11) is -0.699. The molecule has 3 aromatic carbocycles. The monoisotopic (exact) mass is 594 g/mol. The number of aryl methyl sites for hydroxylation is 1. The molecule has 0 N–H and O–H groups in total. The van der Waals surface area contributed by atoms with Gasteiger partial charge in [-0.05, 0) is 72.5 Å². The number of sulfonamides is 1. The van der Waals surface area contributed by atoms with E-state index in [0.29, 0.717) is 37.4 Å². The fourth-order valence-electron chi connectivity index (χ4n) is 4.70. The first-order chi connectivity index (χ1) is 19.7. The minimum atomic E-state index is -3.89. The maximum absolute atomic E-state index is 13.8. The molecule has 1 aromatic heterocycles. The van der Waals surface area contributed by atoms with Crippen LogP contribution in [-0.2, 0) is 27.8 Å². The second-order valence-corrected chi connectivity index (χ2v) is 13.3. The van der Waals surface area contributed by atoms with E-state index < -0.39 is 10.0 Å². The average Bonchev–Trinajstić information content (AvgIpc) is 3.40. The molecule has 4 rings (SSSR count). The van der Waals surface area contributed by atoms with Crippen LogP contribution in [0.3, 0.4) is 0 Å². The summed E-state index contributed by atoms with van der Waals surface area (Å²) in [5.74, 6) is 1.05. The van der Waals surface area contributed by atoms with Crippen molar-refractivity contribution in [1.82, 2.24) is 9.21 Å². The van der Waals surface area contributed by atoms with Gasteiger partial charge < -0.3 is 14.4 Å². The first-order valence-corrected chi connectivity index (χ1v) is 16.0. The molecular formula is C32H38N2O5S2. The van der Waals surface area contributed by atoms with Crippen LogP contribution in [-0.4, -0.2) is 57.4 Å². The third-order valence-corrected chi connectivity index (χ3v) is 9.87. The molecule has 0 atom stereocenters. The van der Waals surface area contributed by atoms with Gasteiger partial charge in [-0.1, -0.05) is 49.7 Å². The Balaban J connectivity index is 1.58. The van der Waals surface area contributed by atoms with Crippen molar-refractivity contribution < 1.29 is 22.7 Å². The molecule has 218 valence electrons. The highest BCUT2D eigenvalue weighted by molar-refractivity contribution is 7.89.